The number of nitrogens with zero attached hydrogens (tertiary/aromatic N) is 2. The summed E-state index contributed by atoms with van der Waals surface area (Å²) in [4.78, 5) is 18.3. The molecule has 0 aromatic heterocycles. The van der Waals surface area contributed by atoms with Gasteiger partial charge < -0.3 is 25.6 Å². The van der Waals surface area contributed by atoms with Crippen molar-refractivity contribution in [3.8, 4) is 0 Å². The Balaban J connectivity index is 0.00000676. The summed E-state index contributed by atoms with van der Waals surface area (Å²) in [5, 5.41) is 9.37. The molecule has 1 aliphatic rings. The number of carbonyl (C=O) groups excluding carboxylic acids is 1. The lowest BCUT2D eigenvalue weighted by atomic mass is 9.99. The van der Waals surface area contributed by atoms with Crippen LogP contribution in [0.4, 0.5) is 4.79 Å². The summed E-state index contributed by atoms with van der Waals surface area (Å²) in [5.41, 5.74) is -0.458. The van der Waals surface area contributed by atoms with E-state index in [2.05, 4.69) is 32.8 Å². The van der Waals surface area contributed by atoms with E-state index >= 15 is 0 Å². The highest BCUT2D eigenvalue weighted by atomic mass is 127. The van der Waals surface area contributed by atoms with Gasteiger partial charge in [0.05, 0.1) is 0 Å². The zero-order chi connectivity index (χ0) is 19.4. The molecule has 1 rings (SSSR count). The lowest BCUT2D eigenvalue weighted by Crippen LogP contribution is -2.41. The second-order valence-electron chi connectivity index (χ2n) is 8.09. The molecule has 0 aromatic carbocycles. The first-order valence-electron chi connectivity index (χ1n) is 9.94. The van der Waals surface area contributed by atoms with Crippen molar-refractivity contribution in [1.82, 2.24) is 20.9 Å². The van der Waals surface area contributed by atoms with E-state index in [1.807, 2.05) is 20.8 Å². The molecule has 1 aliphatic heterocycles. The van der Waals surface area contributed by atoms with E-state index in [9.17, 15) is 4.79 Å². The molecule has 1 saturated heterocycles. The summed E-state index contributed by atoms with van der Waals surface area (Å²) in [6.45, 7) is 13.8. The lowest BCUT2D eigenvalue weighted by molar-refractivity contribution is 0.0527. The van der Waals surface area contributed by atoms with E-state index in [1.165, 1.54) is 25.9 Å². The molecule has 3 N–H and O–H groups in total. The van der Waals surface area contributed by atoms with Gasteiger partial charge in [-0.3, -0.25) is 4.99 Å². The van der Waals surface area contributed by atoms with Crippen LogP contribution in [0.1, 0.15) is 53.4 Å². The smallest absolute Gasteiger partial charge is 0.407 e. The molecule has 7 nitrogen and oxygen atoms in total. The Hall–Kier alpha value is -0.770. The first-order valence-corrected chi connectivity index (χ1v) is 9.94. The number of amides is 1. The minimum absolute atomic E-state index is 0. The van der Waals surface area contributed by atoms with E-state index in [0.29, 0.717) is 6.54 Å². The number of alkyl carbamates (subject to hydrolysis) is 1. The van der Waals surface area contributed by atoms with Gasteiger partial charge in [-0.2, -0.15) is 0 Å². The topological polar surface area (TPSA) is 78.0 Å². The molecule has 0 aromatic rings. The van der Waals surface area contributed by atoms with Crippen LogP contribution in [0.5, 0.6) is 0 Å². The van der Waals surface area contributed by atoms with Crippen LogP contribution in [0.25, 0.3) is 0 Å². The summed E-state index contributed by atoms with van der Waals surface area (Å²) < 4.78 is 5.20. The predicted octanol–water partition coefficient (Wildman–Crippen LogP) is 2.81. The SMILES string of the molecule is CN=C(NCCCNC(=O)OC(C)(C)C)NCCCN1CCC(C)CC1.I. The van der Waals surface area contributed by atoms with Crippen molar-refractivity contribution in [1.29, 1.82) is 0 Å². The molecule has 0 atom stereocenters. The summed E-state index contributed by atoms with van der Waals surface area (Å²) in [6.07, 6.45) is 4.22. The summed E-state index contributed by atoms with van der Waals surface area (Å²) in [5.74, 6) is 1.70. The standard InChI is InChI=1S/C19H39N5O2.HI/c1-16-8-14-24(15-9-16)13-7-12-22-17(20-5)21-10-6-11-23-18(25)26-19(2,3)4;/h16H,6-15H2,1-5H3,(H,23,25)(H2,20,21,22);1H. The maximum absolute atomic E-state index is 11.5. The number of hydrogen-bond acceptors (Lipinski definition) is 4. The molecule has 0 radical (unpaired) electrons. The van der Waals surface area contributed by atoms with Crippen LogP contribution in [0.15, 0.2) is 4.99 Å². The third kappa shape index (κ3) is 14.0. The van der Waals surface area contributed by atoms with Gasteiger partial charge in [0.25, 0.3) is 0 Å². The number of hydrogen-bond donors (Lipinski definition) is 3. The van der Waals surface area contributed by atoms with E-state index in [1.54, 1.807) is 7.05 Å². The number of ether oxygens (including phenoxy) is 1. The van der Waals surface area contributed by atoms with Gasteiger partial charge in [0, 0.05) is 26.7 Å². The average Bonchev–Trinajstić information content (AvgIpc) is 2.56. The Morgan fingerprint density at radius 2 is 1.63 bits per heavy atom. The van der Waals surface area contributed by atoms with Gasteiger partial charge >= 0.3 is 6.09 Å². The summed E-state index contributed by atoms with van der Waals surface area (Å²) >= 11 is 0. The first-order chi connectivity index (χ1) is 12.3. The summed E-state index contributed by atoms with van der Waals surface area (Å²) in [7, 11) is 1.78. The Morgan fingerprint density at radius 3 is 2.19 bits per heavy atom. The normalized spacial score (nSPS) is 16.4. The molecule has 1 amide bonds. The van der Waals surface area contributed by atoms with Crippen LogP contribution >= 0.6 is 24.0 Å². The Bertz CT molecular complexity index is 432. The van der Waals surface area contributed by atoms with Gasteiger partial charge in [-0.25, -0.2) is 4.79 Å². The van der Waals surface area contributed by atoms with Crippen molar-refractivity contribution in [2.45, 2.75) is 59.0 Å². The van der Waals surface area contributed by atoms with Crippen molar-refractivity contribution in [3.05, 3.63) is 0 Å². The molecule has 160 valence electrons. The number of aliphatic imine (C=N–C) groups is 1. The fourth-order valence-corrected chi connectivity index (χ4v) is 2.82. The van der Waals surface area contributed by atoms with Crippen LogP contribution in [0.3, 0.4) is 0 Å². The molecular formula is C19H40IN5O2. The second kappa shape index (κ2) is 14.3. The first kappa shape index (κ1) is 26.2. The zero-order valence-corrected chi connectivity index (χ0v) is 20.1. The highest BCUT2D eigenvalue weighted by molar-refractivity contribution is 14.0. The molecule has 0 aliphatic carbocycles. The number of piperidine rings is 1. The second-order valence-corrected chi connectivity index (χ2v) is 8.09. The number of nitrogens with one attached hydrogen (secondary N) is 3. The fourth-order valence-electron chi connectivity index (χ4n) is 2.82. The highest BCUT2D eigenvalue weighted by Crippen LogP contribution is 2.15. The Morgan fingerprint density at radius 1 is 1.07 bits per heavy atom. The molecule has 0 unspecified atom stereocenters. The third-order valence-corrected chi connectivity index (χ3v) is 4.36. The minimum atomic E-state index is -0.458. The van der Waals surface area contributed by atoms with Gasteiger partial charge in [0.1, 0.15) is 5.60 Å². The van der Waals surface area contributed by atoms with E-state index in [4.69, 9.17) is 4.74 Å². The molecule has 27 heavy (non-hydrogen) atoms. The maximum atomic E-state index is 11.5. The van der Waals surface area contributed by atoms with E-state index in [-0.39, 0.29) is 30.1 Å². The van der Waals surface area contributed by atoms with Gasteiger partial charge in [-0.1, -0.05) is 6.92 Å². The fraction of sp³-hybridized carbons (Fsp3) is 0.895. The van der Waals surface area contributed by atoms with Gasteiger partial charge in [0.2, 0.25) is 0 Å². The van der Waals surface area contributed by atoms with E-state index < -0.39 is 5.60 Å². The molecule has 0 bridgehead atoms. The number of likely N-dealkylation sites (tertiary alicyclic amines) is 1. The molecule has 0 spiro atoms. The molecular weight excluding hydrogens is 457 g/mol. The average molecular weight is 497 g/mol. The van der Waals surface area contributed by atoms with Crippen molar-refractivity contribution >= 4 is 36.0 Å². The number of rotatable bonds is 8. The third-order valence-electron chi connectivity index (χ3n) is 4.36. The Labute approximate surface area is 182 Å². The van der Waals surface area contributed by atoms with Gasteiger partial charge in [-0.15, -0.1) is 24.0 Å². The number of guanidine groups is 1. The zero-order valence-electron chi connectivity index (χ0n) is 17.8. The van der Waals surface area contributed by atoms with Crippen LogP contribution < -0.4 is 16.0 Å². The van der Waals surface area contributed by atoms with Crippen molar-refractivity contribution in [3.63, 3.8) is 0 Å². The monoisotopic (exact) mass is 497 g/mol. The van der Waals surface area contributed by atoms with Crippen molar-refractivity contribution in [2.24, 2.45) is 10.9 Å². The summed E-state index contributed by atoms with van der Waals surface area (Å²) in [6, 6.07) is 0. The largest absolute Gasteiger partial charge is 0.444 e. The maximum Gasteiger partial charge on any atom is 0.407 e. The van der Waals surface area contributed by atoms with Crippen molar-refractivity contribution < 1.29 is 9.53 Å². The number of halogens is 1. The molecule has 0 saturated carbocycles. The van der Waals surface area contributed by atoms with E-state index in [0.717, 1.165) is 44.4 Å². The van der Waals surface area contributed by atoms with Crippen LogP contribution in [-0.2, 0) is 4.74 Å². The predicted molar refractivity (Wildman–Crippen MR) is 123 cm³/mol. The van der Waals surface area contributed by atoms with Gasteiger partial charge in [-0.05, 0) is 72.0 Å². The lowest BCUT2D eigenvalue weighted by Gasteiger charge is -2.30. The van der Waals surface area contributed by atoms with Crippen LogP contribution in [0.2, 0.25) is 0 Å². The van der Waals surface area contributed by atoms with Crippen LogP contribution in [-0.4, -0.2) is 68.9 Å². The Kier molecular flexibility index (Phi) is 13.9. The molecule has 1 heterocycles. The van der Waals surface area contributed by atoms with Crippen molar-refractivity contribution in [2.75, 3.05) is 46.3 Å². The number of carbonyl (C=O) groups is 1. The molecule has 1 fully saturated rings. The quantitative estimate of drug-likeness (QED) is 0.208. The highest BCUT2D eigenvalue weighted by Gasteiger charge is 2.16. The van der Waals surface area contributed by atoms with Gasteiger partial charge in [0.15, 0.2) is 5.96 Å². The minimum Gasteiger partial charge on any atom is -0.444 e. The molecule has 8 heteroatoms. The van der Waals surface area contributed by atoms with Crippen LogP contribution in [0, 0.1) is 5.92 Å².